The lowest BCUT2D eigenvalue weighted by Gasteiger charge is -2.27. The number of nitrogens with zero attached hydrogens (tertiary/aromatic N) is 5. The lowest BCUT2D eigenvalue weighted by atomic mass is 9.91. The van der Waals surface area contributed by atoms with Crippen LogP contribution >= 0.6 is 0 Å². The highest BCUT2D eigenvalue weighted by molar-refractivity contribution is 7.89. The number of hydrogen-bond donors (Lipinski definition) is 0. The minimum absolute atomic E-state index is 0.0331. The first-order valence-corrected chi connectivity index (χ1v) is 11.2. The van der Waals surface area contributed by atoms with Crippen molar-refractivity contribution in [3.05, 3.63) is 18.0 Å². The van der Waals surface area contributed by atoms with Crippen molar-refractivity contribution >= 4 is 21.9 Å². The van der Waals surface area contributed by atoms with E-state index in [9.17, 15) is 13.2 Å². The number of carbonyl (C=O) groups excluding carboxylic acids is 1. The van der Waals surface area contributed by atoms with Crippen molar-refractivity contribution in [3.8, 4) is 0 Å². The van der Waals surface area contributed by atoms with Gasteiger partial charge >= 0.3 is 0 Å². The van der Waals surface area contributed by atoms with Crippen molar-refractivity contribution < 1.29 is 13.2 Å². The molecule has 0 N–H and O–H groups in total. The van der Waals surface area contributed by atoms with Crippen LogP contribution in [0.4, 0.5) is 5.95 Å². The Kier molecular flexibility index (Phi) is 6.00. The molecule has 2 aliphatic heterocycles. The fourth-order valence-corrected chi connectivity index (χ4v) is 5.01. The van der Waals surface area contributed by atoms with Crippen LogP contribution in [0.5, 0.6) is 0 Å². The lowest BCUT2D eigenvalue weighted by molar-refractivity contribution is -0.132. The summed E-state index contributed by atoms with van der Waals surface area (Å²) in [5.41, 5.74) is 0.750. The van der Waals surface area contributed by atoms with Crippen LogP contribution in [0.2, 0.25) is 0 Å². The summed E-state index contributed by atoms with van der Waals surface area (Å²) < 4.78 is 26.2. The van der Waals surface area contributed by atoms with Crippen LogP contribution in [-0.4, -0.2) is 79.5 Å². The van der Waals surface area contributed by atoms with Crippen molar-refractivity contribution in [2.45, 2.75) is 32.1 Å². The summed E-state index contributed by atoms with van der Waals surface area (Å²) in [5, 5.41) is 0. The molecule has 0 aromatic carbocycles. The Morgan fingerprint density at radius 2 is 1.93 bits per heavy atom. The normalized spacial score (nSPS) is 24.2. The quantitative estimate of drug-likeness (QED) is 0.737. The monoisotopic (exact) mass is 395 g/mol. The SMILES string of the molecule is CCS(=O)(=O)N1C[C@H](C(=O)N(C)C)[C@@H](c2ccnc(N3CCCCC3)n2)C1. The molecule has 2 saturated heterocycles. The molecule has 3 heterocycles. The molecule has 9 heteroatoms. The Hall–Kier alpha value is -1.74. The Labute approximate surface area is 161 Å². The number of hydrogen-bond acceptors (Lipinski definition) is 6. The molecule has 8 nitrogen and oxygen atoms in total. The van der Waals surface area contributed by atoms with Gasteiger partial charge in [-0.25, -0.2) is 22.7 Å². The smallest absolute Gasteiger partial charge is 0.227 e. The number of piperidine rings is 1. The van der Waals surface area contributed by atoms with Gasteiger partial charge in [-0.1, -0.05) is 0 Å². The van der Waals surface area contributed by atoms with Gasteiger partial charge in [0.2, 0.25) is 21.9 Å². The number of anilines is 1. The Bertz CT molecular complexity index is 777. The van der Waals surface area contributed by atoms with E-state index in [0.717, 1.165) is 31.6 Å². The molecule has 0 radical (unpaired) electrons. The first kappa shape index (κ1) is 20.0. The van der Waals surface area contributed by atoms with Crippen molar-refractivity contribution in [1.29, 1.82) is 0 Å². The molecule has 0 aliphatic carbocycles. The van der Waals surface area contributed by atoms with Crippen molar-refractivity contribution in [2.75, 3.05) is 50.9 Å². The number of aromatic nitrogens is 2. The van der Waals surface area contributed by atoms with Crippen LogP contribution in [0.1, 0.15) is 37.8 Å². The van der Waals surface area contributed by atoms with E-state index in [1.54, 1.807) is 27.2 Å². The fourth-order valence-electron chi connectivity index (χ4n) is 3.87. The maximum absolute atomic E-state index is 12.7. The molecule has 2 aliphatic rings. The number of sulfonamides is 1. The highest BCUT2D eigenvalue weighted by Gasteiger charge is 2.43. The molecular formula is C18H29N5O3S. The van der Waals surface area contributed by atoms with E-state index in [0.29, 0.717) is 5.95 Å². The molecule has 27 heavy (non-hydrogen) atoms. The third-order valence-electron chi connectivity index (χ3n) is 5.49. The van der Waals surface area contributed by atoms with Gasteiger partial charge in [0.05, 0.1) is 17.4 Å². The second-order valence-corrected chi connectivity index (χ2v) is 9.75. The molecule has 0 unspecified atom stereocenters. The third-order valence-corrected chi connectivity index (χ3v) is 7.30. The van der Waals surface area contributed by atoms with Crippen molar-refractivity contribution in [1.82, 2.24) is 19.2 Å². The summed E-state index contributed by atoms with van der Waals surface area (Å²) in [6.07, 6.45) is 5.20. The van der Waals surface area contributed by atoms with Crippen LogP contribution in [0.25, 0.3) is 0 Å². The van der Waals surface area contributed by atoms with Gasteiger partial charge in [-0.2, -0.15) is 0 Å². The highest BCUT2D eigenvalue weighted by Crippen LogP contribution is 2.35. The summed E-state index contributed by atoms with van der Waals surface area (Å²) in [5.74, 6) is -0.0315. The maximum atomic E-state index is 12.7. The van der Waals surface area contributed by atoms with Gasteiger partial charge in [-0.3, -0.25) is 4.79 Å². The summed E-state index contributed by atoms with van der Waals surface area (Å²) in [6.45, 7) is 4.00. The average molecular weight is 396 g/mol. The Morgan fingerprint density at radius 1 is 1.22 bits per heavy atom. The van der Waals surface area contributed by atoms with Crippen LogP contribution in [0.15, 0.2) is 12.3 Å². The molecule has 1 amide bonds. The summed E-state index contributed by atoms with van der Waals surface area (Å²) in [7, 11) is 0.0550. The molecule has 150 valence electrons. The molecule has 0 saturated carbocycles. The largest absolute Gasteiger partial charge is 0.349 e. The van der Waals surface area contributed by atoms with E-state index in [4.69, 9.17) is 4.98 Å². The van der Waals surface area contributed by atoms with E-state index in [1.807, 2.05) is 6.07 Å². The van der Waals surface area contributed by atoms with Crippen LogP contribution in [0.3, 0.4) is 0 Å². The zero-order valence-electron chi connectivity index (χ0n) is 16.3. The van der Waals surface area contributed by atoms with Crippen LogP contribution < -0.4 is 4.90 Å². The summed E-state index contributed by atoms with van der Waals surface area (Å²) in [6, 6.07) is 1.82. The highest BCUT2D eigenvalue weighted by atomic mass is 32.2. The Balaban J connectivity index is 1.90. The maximum Gasteiger partial charge on any atom is 0.227 e. The summed E-state index contributed by atoms with van der Waals surface area (Å²) in [4.78, 5) is 25.6. The second-order valence-electron chi connectivity index (χ2n) is 7.49. The number of rotatable bonds is 5. The molecular weight excluding hydrogens is 366 g/mol. The van der Waals surface area contributed by atoms with Crippen molar-refractivity contribution in [2.24, 2.45) is 5.92 Å². The van der Waals surface area contributed by atoms with Crippen LogP contribution in [-0.2, 0) is 14.8 Å². The molecule has 0 spiro atoms. The molecule has 2 fully saturated rings. The first-order valence-electron chi connectivity index (χ1n) is 9.60. The van der Waals surface area contributed by atoms with Gasteiger partial charge in [-0.05, 0) is 32.3 Å². The topological polar surface area (TPSA) is 86.7 Å². The van der Waals surface area contributed by atoms with Gasteiger partial charge in [0, 0.05) is 52.4 Å². The zero-order chi connectivity index (χ0) is 19.6. The molecule has 3 rings (SSSR count). The van der Waals surface area contributed by atoms with E-state index in [1.165, 1.54) is 15.6 Å². The van der Waals surface area contributed by atoms with E-state index < -0.39 is 15.9 Å². The van der Waals surface area contributed by atoms with Gasteiger partial charge in [0.15, 0.2) is 0 Å². The van der Waals surface area contributed by atoms with Crippen molar-refractivity contribution in [3.63, 3.8) is 0 Å². The minimum atomic E-state index is -3.35. The van der Waals surface area contributed by atoms with E-state index in [-0.39, 0.29) is 30.7 Å². The Morgan fingerprint density at radius 3 is 2.56 bits per heavy atom. The minimum Gasteiger partial charge on any atom is -0.349 e. The van der Waals surface area contributed by atoms with Gasteiger partial charge < -0.3 is 9.80 Å². The molecule has 0 bridgehead atoms. The molecule has 1 aromatic rings. The molecule has 1 aromatic heterocycles. The number of carbonyl (C=O) groups is 1. The van der Waals surface area contributed by atoms with Crippen LogP contribution in [0, 0.1) is 5.92 Å². The van der Waals surface area contributed by atoms with E-state index >= 15 is 0 Å². The predicted molar refractivity (Wildman–Crippen MR) is 104 cm³/mol. The summed E-state index contributed by atoms with van der Waals surface area (Å²) >= 11 is 0. The first-order chi connectivity index (χ1) is 12.8. The second kappa shape index (κ2) is 8.10. The number of amides is 1. The average Bonchev–Trinajstić information content (AvgIpc) is 3.14. The fraction of sp³-hybridized carbons (Fsp3) is 0.722. The van der Waals surface area contributed by atoms with E-state index in [2.05, 4.69) is 9.88 Å². The predicted octanol–water partition coefficient (Wildman–Crippen LogP) is 0.920. The lowest BCUT2D eigenvalue weighted by Crippen LogP contribution is -2.35. The zero-order valence-corrected chi connectivity index (χ0v) is 17.2. The standard InChI is InChI=1S/C18H29N5O3S/c1-4-27(25,26)23-12-14(15(13-23)17(24)21(2)3)16-8-9-19-18(20-16)22-10-6-5-7-11-22/h8-9,14-15H,4-7,10-13H2,1-3H3/t14-,15-/m0/s1. The van der Waals surface area contributed by atoms with Gasteiger partial charge in [0.1, 0.15) is 0 Å². The third kappa shape index (κ3) is 4.24. The van der Waals surface area contributed by atoms with Gasteiger partial charge in [-0.15, -0.1) is 0 Å². The molecule has 2 atom stereocenters. The van der Waals surface area contributed by atoms with Gasteiger partial charge in [0.25, 0.3) is 0 Å².